The molecule has 1 aromatic rings. The van der Waals surface area contributed by atoms with Crippen molar-refractivity contribution in [1.29, 1.82) is 0 Å². The third-order valence-corrected chi connectivity index (χ3v) is 2.45. The van der Waals surface area contributed by atoms with Crippen LogP contribution in [0.5, 0.6) is 0 Å². The summed E-state index contributed by atoms with van der Waals surface area (Å²) in [6.45, 7) is 0.795. The van der Waals surface area contributed by atoms with Crippen LogP contribution in [0.3, 0.4) is 0 Å². The van der Waals surface area contributed by atoms with Gasteiger partial charge in [0.1, 0.15) is 5.82 Å². The fourth-order valence-corrected chi connectivity index (χ4v) is 1.47. The van der Waals surface area contributed by atoms with Gasteiger partial charge in [-0.2, -0.15) is 0 Å². The summed E-state index contributed by atoms with van der Waals surface area (Å²) >= 11 is 0. The van der Waals surface area contributed by atoms with Crippen LogP contribution in [-0.2, 0) is 11.3 Å². The highest BCUT2D eigenvalue weighted by atomic mass is 19.1. The zero-order valence-electron chi connectivity index (χ0n) is 9.00. The van der Waals surface area contributed by atoms with Crippen molar-refractivity contribution < 1.29 is 9.18 Å². The number of hydrogen-bond donors (Lipinski definition) is 2. The molecule has 0 aliphatic heterocycles. The number of amides is 1. The Hall–Kier alpha value is -1.42. The molecule has 2 rings (SSSR count). The van der Waals surface area contributed by atoms with Gasteiger partial charge in [-0.05, 0) is 30.5 Å². The maximum absolute atomic E-state index is 12.8. The quantitative estimate of drug-likeness (QED) is 0.785. The predicted octanol–water partition coefficient (Wildman–Crippen LogP) is 1.19. The summed E-state index contributed by atoms with van der Waals surface area (Å²) in [6.07, 6.45) is 2.19. The standard InChI is InChI=1S/C12H15FN2O/c13-10-3-1-2-9(6-10)7-14-8-12(16)15-11-4-5-11/h1-3,6,11,14H,4-5,7-8H2,(H,15,16). The van der Waals surface area contributed by atoms with Gasteiger partial charge in [0.05, 0.1) is 6.54 Å². The average molecular weight is 222 g/mol. The monoisotopic (exact) mass is 222 g/mol. The van der Waals surface area contributed by atoms with Gasteiger partial charge in [-0.25, -0.2) is 4.39 Å². The Morgan fingerprint density at radius 2 is 2.25 bits per heavy atom. The fraction of sp³-hybridized carbons (Fsp3) is 0.417. The third kappa shape index (κ3) is 3.62. The van der Waals surface area contributed by atoms with Gasteiger partial charge < -0.3 is 10.6 Å². The number of carbonyl (C=O) groups excluding carboxylic acids is 1. The van der Waals surface area contributed by atoms with E-state index in [4.69, 9.17) is 0 Å². The van der Waals surface area contributed by atoms with E-state index in [2.05, 4.69) is 10.6 Å². The molecule has 1 fully saturated rings. The molecule has 0 radical (unpaired) electrons. The largest absolute Gasteiger partial charge is 0.352 e. The number of rotatable bonds is 5. The van der Waals surface area contributed by atoms with Gasteiger partial charge in [-0.1, -0.05) is 12.1 Å². The van der Waals surface area contributed by atoms with Gasteiger partial charge in [0.25, 0.3) is 0 Å². The lowest BCUT2D eigenvalue weighted by molar-refractivity contribution is -0.120. The van der Waals surface area contributed by atoms with Crippen LogP contribution in [0.2, 0.25) is 0 Å². The van der Waals surface area contributed by atoms with E-state index in [9.17, 15) is 9.18 Å². The topological polar surface area (TPSA) is 41.1 Å². The Labute approximate surface area is 94.0 Å². The molecule has 0 spiro atoms. The van der Waals surface area contributed by atoms with E-state index in [1.165, 1.54) is 12.1 Å². The van der Waals surface area contributed by atoms with Gasteiger partial charge in [0.15, 0.2) is 0 Å². The molecule has 1 aliphatic rings. The average Bonchev–Trinajstić information content (AvgIpc) is 3.02. The summed E-state index contributed by atoms with van der Waals surface area (Å²) < 4.78 is 12.8. The summed E-state index contributed by atoms with van der Waals surface area (Å²) in [4.78, 5) is 11.3. The van der Waals surface area contributed by atoms with Crippen LogP contribution in [0, 0.1) is 5.82 Å². The molecule has 0 aromatic heterocycles. The first-order valence-electron chi connectivity index (χ1n) is 5.48. The number of hydrogen-bond acceptors (Lipinski definition) is 2. The molecule has 2 N–H and O–H groups in total. The van der Waals surface area contributed by atoms with E-state index < -0.39 is 0 Å². The first kappa shape index (κ1) is 11.1. The van der Waals surface area contributed by atoms with Crippen molar-refractivity contribution in [2.45, 2.75) is 25.4 Å². The smallest absolute Gasteiger partial charge is 0.234 e. The van der Waals surface area contributed by atoms with Crippen LogP contribution in [0.1, 0.15) is 18.4 Å². The van der Waals surface area contributed by atoms with Crippen molar-refractivity contribution in [2.75, 3.05) is 6.54 Å². The summed E-state index contributed by atoms with van der Waals surface area (Å²) in [5, 5.41) is 5.86. The molecule has 4 heteroatoms. The van der Waals surface area contributed by atoms with Crippen molar-refractivity contribution in [1.82, 2.24) is 10.6 Å². The molecule has 1 saturated carbocycles. The van der Waals surface area contributed by atoms with Crippen LogP contribution in [0.15, 0.2) is 24.3 Å². The van der Waals surface area contributed by atoms with Crippen LogP contribution in [0.25, 0.3) is 0 Å². The second-order valence-corrected chi connectivity index (χ2v) is 4.08. The molecule has 3 nitrogen and oxygen atoms in total. The third-order valence-electron chi connectivity index (χ3n) is 2.45. The van der Waals surface area contributed by atoms with Gasteiger partial charge in [0, 0.05) is 12.6 Å². The predicted molar refractivity (Wildman–Crippen MR) is 59.3 cm³/mol. The summed E-state index contributed by atoms with van der Waals surface area (Å²) in [5.74, 6) is -0.236. The Morgan fingerprint density at radius 1 is 1.44 bits per heavy atom. The molecule has 0 bridgehead atoms. The summed E-state index contributed by atoms with van der Waals surface area (Å²) in [7, 11) is 0. The number of halogens is 1. The molecular weight excluding hydrogens is 207 g/mol. The number of nitrogens with one attached hydrogen (secondary N) is 2. The van der Waals surface area contributed by atoms with E-state index in [1.54, 1.807) is 6.07 Å². The zero-order valence-corrected chi connectivity index (χ0v) is 9.00. The molecule has 0 saturated heterocycles. The number of carbonyl (C=O) groups is 1. The second-order valence-electron chi connectivity index (χ2n) is 4.08. The minimum Gasteiger partial charge on any atom is -0.352 e. The highest BCUT2D eigenvalue weighted by molar-refractivity contribution is 5.78. The van der Waals surface area contributed by atoms with Crippen molar-refractivity contribution in [3.05, 3.63) is 35.6 Å². The van der Waals surface area contributed by atoms with Crippen LogP contribution in [-0.4, -0.2) is 18.5 Å². The van der Waals surface area contributed by atoms with Crippen molar-refractivity contribution in [3.63, 3.8) is 0 Å². The maximum atomic E-state index is 12.8. The summed E-state index contributed by atoms with van der Waals surface area (Å²) in [5.41, 5.74) is 0.847. The lowest BCUT2D eigenvalue weighted by Crippen LogP contribution is -2.34. The Kier molecular flexibility index (Phi) is 3.51. The molecule has 0 heterocycles. The minimum atomic E-state index is -0.248. The minimum absolute atomic E-state index is 0.0129. The van der Waals surface area contributed by atoms with E-state index in [-0.39, 0.29) is 18.3 Å². The Bertz CT molecular complexity index is 377. The highest BCUT2D eigenvalue weighted by Crippen LogP contribution is 2.18. The molecule has 1 aromatic carbocycles. The number of benzene rings is 1. The molecule has 86 valence electrons. The van der Waals surface area contributed by atoms with Crippen molar-refractivity contribution in [2.24, 2.45) is 0 Å². The van der Waals surface area contributed by atoms with Crippen molar-refractivity contribution in [3.8, 4) is 0 Å². The van der Waals surface area contributed by atoms with Gasteiger partial charge in [0.2, 0.25) is 5.91 Å². The fourth-order valence-electron chi connectivity index (χ4n) is 1.47. The molecule has 0 unspecified atom stereocenters. The van der Waals surface area contributed by atoms with E-state index in [0.29, 0.717) is 12.6 Å². The SMILES string of the molecule is O=C(CNCc1cccc(F)c1)NC1CC1. The Balaban J connectivity index is 1.68. The summed E-state index contributed by atoms with van der Waals surface area (Å²) in [6, 6.07) is 6.75. The first-order valence-corrected chi connectivity index (χ1v) is 5.48. The van der Waals surface area contributed by atoms with Crippen molar-refractivity contribution >= 4 is 5.91 Å². The lowest BCUT2D eigenvalue weighted by atomic mass is 10.2. The van der Waals surface area contributed by atoms with E-state index in [1.807, 2.05) is 6.07 Å². The van der Waals surface area contributed by atoms with Crippen LogP contribution < -0.4 is 10.6 Å². The van der Waals surface area contributed by atoms with Crippen LogP contribution >= 0.6 is 0 Å². The second kappa shape index (κ2) is 5.07. The van der Waals surface area contributed by atoms with E-state index in [0.717, 1.165) is 18.4 Å². The molecule has 0 atom stereocenters. The molecule has 1 aliphatic carbocycles. The molecule has 16 heavy (non-hydrogen) atoms. The maximum Gasteiger partial charge on any atom is 0.234 e. The molecule has 1 amide bonds. The lowest BCUT2D eigenvalue weighted by Gasteiger charge is -2.05. The van der Waals surface area contributed by atoms with E-state index >= 15 is 0 Å². The molecular formula is C12H15FN2O. The van der Waals surface area contributed by atoms with Crippen LogP contribution in [0.4, 0.5) is 4.39 Å². The zero-order chi connectivity index (χ0) is 11.4. The highest BCUT2D eigenvalue weighted by Gasteiger charge is 2.22. The Morgan fingerprint density at radius 3 is 2.94 bits per heavy atom. The van der Waals surface area contributed by atoms with Gasteiger partial charge >= 0.3 is 0 Å². The van der Waals surface area contributed by atoms with Gasteiger partial charge in [-0.3, -0.25) is 4.79 Å². The normalized spacial score (nSPS) is 14.8. The first-order chi connectivity index (χ1) is 7.74. The van der Waals surface area contributed by atoms with Gasteiger partial charge in [-0.15, -0.1) is 0 Å².